The van der Waals surface area contributed by atoms with E-state index in [4.69, 9.17) is 27.1 Å². The van der Waals surface area contributed by atoms with Crippen molar-refractivity contribution < 1.29 is 9.84 Å². The Hall–Kier alpha value is -3.60. The first-order chi connectivity index (χ1) is 18.5. The van der Waals surface area contributed by atoms with Gasteiger partial charge in [-0.1, -0.05) is 11.6 Å². The van der Waals surface area contributed by atoms with E-state index in [0.29, 0.717) is 16.3 Å². The van der Waals surface area contributed by atoms with Gasteiger partial charge < -0.3 is 34.7 Å². The number of benzene rings is 1. The predicted octanol–water partition coefficient (Wildman–Crippen LogP) is 2.81. The number of imidazole rings is 1. The summed E-state index contributed by atoms with van der Waals surface area (Å²) in [5, 5.41) is 10.4. The van der Waals surface area contributed by atoms with Crippen molar-refractivity contribution in [2.45, 2.75) is 19.1 Å². The van der Waals surface area contributed by atoms with Crippen molar-refractivity contribution >= 4 is 34.6 Å². The van der Waals surface area contributed by atoms with Crippen LogP contribution in [0.15, 0.2) is 49.1 Å². The highest BCUT2D eigenvalue weighted by Crippen LogP contribution is 2.34. The van der Waals surface area contributed by atoms with Crippen molar-refractivity contribution in [3.63, 3.8) is 0 Å². The van der Waals surface area contributed by atoms with E-state index in [2.05, 4.69) is 36.8 Å². The molecule has 2 fully saturated rings. The number of anilines is 3. The van der Waals surface area contributed by atoms with Gasteiger partial charge in [-0.05, 0) is 30.2 Å². The number of hydrogen-bond donors (Lipinski definition) is 2. The van der Waals surface area contributed by atoms with Crippen LogP contribution in [-0.2, 0) is 6.61 Å². The Kier molecular flexibility index (Phi) is 6.69. The molecule has 5 heterocycles. The van der Waals surface area contributed by atoms with E-state index in [-0.39, 0.29) is 12.6 Å². The molecule has 4 aromatic rings. The fraction of sp³-hybridized carbons (Fsp3) is 0.370. The molecule has 198 valence electrons. The van der Waals surface area contributed by atoms with Gasteiger partial charge in [0.15, 0.2) is 0 Å². The molecule has 10 nitrogen and oxygen atoms in total. The molecule has 11 heteroatoms. The molecule has 1 aromatic carbocycles. The van der Waals surface area contributed by atoms with Gasteiger partial charge in [-0.25, -0.2) is 15.0 Å². The molecule has 2 saturated heterocycles. The highest BCUT2D eigenvalue weighted by atomic mass is 35.5. The molecule has 1 atom stereocenters. The summed E-state index contributed by atoms with van der Waals surface area (Å²) in [4.78, 5) is 20.9. The smallest absolute Gasteiger partial charge is 0.225 e. The number of aromatic nitrogens is 4. The average molecular weight is 535 g/mol. The van der Waals surface area contributed by atoms with Crippen molar-refractivity contribution in [3.05, 3.63) is 59.6 Å². The Balaban J connectivity index is 1.15. The number of hydrogen-bond acceptors (Lipinski definition) is 9. The zero-order valence-electron chi connectivity index (χ0n) is 21.3. The maximum atomic E-state index is 9.90. The molecular weight excluding hydrogens is 504 g/mol. The first-order valence-electron chi connectivity index (χ1n) is 12.8. The third kappa shape index (κ3) is 4.70. The Morgan fingerprint density at radius 2 is 1.76 bits per heavy atom. The molecule has 38 heavy (non-hydrogen) atoms. The van der Waals surface area contributed by atoms with Crippen molar-refractivity contribution in [3.8, 4) is 17.0 Å². The SMILES string of the molecule is COc1cc(CO)c(-c2cn3ccc(N4CCN(c5cnc(N6CCC(N)C6)nc5)CC4)cc3n2)cc1Cl. The summed E-state index contributed by atoms with van der Waals surface area (Å²) in [5.74, 6) is 1.29. The number of fused-ring (bicyclic) bond motifs is 1. The van der Waals surface area contributed by atoms with E-state index in [1.54, 1.807) is 19.2 Å². The molecule has 1 unspecified atom stereocenters. The van der Waals surface area contributed by atoms with Gasteiger partial charge in [0.1, 0.15) is 11.4 Å². The lowest BCUT2D eigenvalue weighted by Crippen LogP contribution is -2.46. The second kappa shape index (κ2) is 10.3. The number of aliphatic hydroxyl groups is 1. The van der Waals surface area contributed by atoms with Crippen molar-refractivity contribution in [2.75, 3.05) is 61.1 Å². The van der Waals surface area contributed by atoms with Crippen LogP contribution in [0.5, 0.6) is 5.75 Å². The first-order valence-corrected chi connectivity index (χ1v) is 13.2. The second-order valence-corrected chi connectivity index (χ2v) is 10.2. The zero-order valence-corrected chi connectivity index (χ0v) is 22.1. The molecule has 0 amide bonds. The van der Waals surface area contributed by atoms with Crippen LogP contribution in [0.1, 0.15) is 12.0 Å². The summed E-state index contributed by atoms with van der Waals surface area (Å²) in [6.07, 6.45) is 8.80. The molecule has 0 aliphatic carbocycles. The number of nitrogens with two attached hydrogens (primary N) is 1. The van der Waals surface area contributed by atoms with E-state index in [9.17, 15) is 5.11 Å². The normalized spacial score (nSPS) is 18.0. The van der Waals surface area contributed by atoms with Gasteiger partial charge in [0, 0.05) is 75.0 Å². The van der Waals surface area contributed by atoms with Crippen molar-refractivity contribution in [1.82, 2.24) is 19.4 Å². The topological polar surface area (TPSA) is 108 Å². The van der Waals surface area contributed by atoms with E-state index in [0.717, 1.165) is 79.9 Å². The molecule has 3 N–H and O–H groups in total. The molecule has 6 rings (SSSR count). The van der Waals surface area contributed by atoms with Gasteiger partial charge in [-0.15, -0.1) is 0 Å². The number of aliphatic hydroxyl groups excluding tert-OH is 1. The van der Waals surface area contributed by atoms with Gasteiger partial charge in [0.05, 0.1) is 42.5 Å². The molecule has 3 aromatic heterocycles. The quantitative estimate of drug-likeness (QED) is 0.386. The van der Waals surface area contributed by atoms with Gasteiger partial charge in [0.2, 0.25) is 5.95 Å². The highest BCUT2D eigenvalue weighted by Gasteiger charge is 2.23. The van der Waals surface area contributed by atoms with E-state index < -0.39 is 0 Å². The monoisotopic (exact) mass is 534 g/mol. The summed E-state index contributed by atoms with van der Waals surface area (Å²) in [6, 6.07) is 7.97. The minimum atomic E-state index is -0.132. The summed E-state index contributed by atoms with van der Waals surface area (Å²) in [5.41, 5.74) is 11.3. The van der Waals surface area contributed by atoms with E-state index >= 15 is 0 Å². The number of methoxy groups -OCH3 is 1. The number of nitrogens with zero attached hydrogens (tertiary/aromatic N) is 7. The molecular formula is C27H31ClN8O2. The molecule has 0 saturated carbocycles. The lowest BCUT2D eigenvalue weighted by Gasteiger charge is -2.37. The van der Waals surface area contributed by atoms with E-state index in [1.807, 2.05) is 29.2 Å². The molecule has 2 aliphatic heterocycles. The minimum absolute atomic E-state index is 0.132. The summed E-state index contributed by atoms with van der Waals surface area (Å²) < 4.78 is 7.28. The summed E-state index contributed by atoms with van der Waals surface area (Å²) in [6.45, 7) is 5.13. The third-order valence-corrected chi connectivity index (χ3v) is 7.71. The van der Waals surface area contributed by atoms with Crippen molar-refractivity contribution in [1.29, 1.82) is 0 Å². The van der Waals surface area contributed by atoms with Crippen LogP contribution < -0.4 is 25.2 Å². The third-order valence-electron chi connectivity index (χ3n) is 7.41. The number of ether oxygens (including phenoxy) is 1. The van der Waals surface area contributed by atoms with Crippen molar-refractivity contribution in [2.24, 2.45) is 5.73 Å². The number of piperazine rings is 1. The van der Waals surface area contributed by atoms with Gasteiger partial charge >= 0.3 is 0 Å². The van der Waals surface area contributed by atoms with Crippen LogP contribution in [0.2, 0.25) is 5.02 Å². The lowest BCUT2D eigenvalue weighted by molar-refractivity contribution is 0.281. The fourth-order valence-electron chi connectivity index (χ4n) is 5.25. The van der Waals surface area contributed by atoms with Gasteiger partial charge in [0.25, 0.3) is 0 Å². The van der Waals surface area contributed by atoms with E-state index in [1.165, 1.54) is 0 Å². The number of rotatable bonds is 6. The second-order valence-electron chi connectivity index (χ2n) is 9.79. The van der Waals surface area contributed by atoms with Crippen LogP contribution >= 0.6 is 11.6 Å². The Bertz CT molecular complexity index is 1440. The predicted molar refractivity (Wildman–Crippen MR) is 149 cm³/mol. The van der Waals surface area contributed by atoms with Crippen LogP contribution in [-0.4, -0.2) is 76.9 Å². The maximum absolute atomic E-state index is 9.90. The number of halogens is 1. The van der Waals surface area contributed by atoms with Crippen LogP contribution in [0, 0.1) is 0 Å². The number of pyridine rings is 1. The lowest BCUT2D eigenvalue weighted by atomic mass is 10.1. The Labute approximate surface area is 226 Å². The van der Waals surface area contributed by atoms with Gasteiger partial charge in [-0.2, -0.15) is 0 Å². The van der Waals surface area contributed by atoms with Crippen LogP contribution in [0.4, 0.5) is 17.3 Å². The average Bonchev–Trinajstić information content (AvgIpc) is 3.59. The highest BCUT2D eigenvalue weighted by molar-refractivity contribution is 6.32. The fourth-order valence-corrected chi connectivity index (χ4v) is 5.49. The molecule has 0 radical (unpaired) electrons. The Morgan fingerprint density at radius 3 is 2.42 bits per heavy atom. The first kappa shape index (κ1) is 24.7. The van der Waals surface area contributed by atoms with Crippen LogP contribution in [0.25, 0.3) is 16.9 Å². The van der Waals surface area contributed by atoms with Crippen LogP contribution in [0.3, 0.4) is 0 Å². The largest absolute Gasteiger partial charge is 0.495 e. The molecule has 2 aliphatic rings. The van der Waals surface area contributed by atoms with Gasteiger partial charge in [-0.3, -0.25) is 0 Å². The standard InChI is InChI=1S/C27H31ClN8O2/c1-38-25-10-18(17-37)22(12-23(25)28)24-16-35-5-3-20(11-26(35)32-24)33-6-8-34(9-7-33)21-13-30-27(31-14-21)36-4-2-19(29)15-36/h3,5,10-14,16,19,37H,2,4,6-9,15,17,29H2,1H3. The molecule has 0 bridgehead atoms. The Morgan fingerprint density at radius 1 is 1.03 bits per heavy atom. The maximum Gasteiger partial charge on any atom is 0.225 e. The zero-order chi connectivity index (χ0) is 26.2. The molecule has 0 spiro atoms. The summed E-state index contributed by atoms with van der Waals surface area (Å²) in [7, 11) is 1.56. The minimum Gasteiger partial charge on any atom is -0.495 e. The summed E-state index contributed by atoms with van der Waals surface area (Å²) >= 11 is 6.37.